The van der Waals surface area contributed by atoms with Crippen LogP contribution in [0.3, 0.4) is 0 Å². The van der Waals surface area contributed by atoms with Gasteiger partial charge < -0.3 is 14.0 Å². The van der Waals surface area contributed by atoms with Crippen molar-refractivity contribution in [2.24, 2.45) is 0 Å². The summed E-state index contributed by atoms with van der Waals surface area (Å²) < 4.78 is 17.2. The van der Waals surface area contributed by atoms with Crippen molar-refractivity contribution in [3.63, 3.8) is 0 Å². The van der Waals surface area contributed by atoms with Gasteiger partial charge in [0.25, 0.3) is 5.88 Å². The third kappa shape index (κ3) is 2.72. The van der Waals surface area contributed by atoms with Crippen LogP contribution in [0, 0.1) is 3.57 Å². The van der Waals surface area contributed by atoms with Gasteiger partial charge in [-0.2, -0.15) is 0 Å². The topological polar surface area (TPSA) is 44.5 Å². The molecule has 0 aliphatic rings. The molecule has 102 valence electrons. The smallest absolute Gasteiger partial charge is 0.262 e. The molecule has 2 aromatic carbocycles. The third-order valence-electron chi connectivity index (χ3n) is 2.94. The Bertz CT molecular complexity index is 722. The lowest BCUT2D eigenvalue weighted by atomic mass is 10.2. The number of fused-ring (bicyclic) bond motifs is 1. The minimum absolute atomic E-state index is 0.442. The van der Waals surface area contributed by atoms with Crippen molar-refractivity contribution >= 4 is 33.6 Å². The molecule has 0 atom stereocenters. The van der Waals surface area contributed by atoms with Gasteiger partial charge in [-0.25, -0.2) is 0 Å². The molecule has 0 N–H and O–H groups in total. The maximum absolute atomic E-state index is 5.71. The molecule has 0 amide bonds. The normalized spacial score (nSPS) is 10.7. The van der Waals surface area contributed by atoms with E-state index in [-0.39, 0.29) is 0 Å². The molecule has 4 nitrogen and oxygen atoms in total. The van der Waals surface area contributed by atoms with Gasteiger partial charge in [0, 0.05) is 3.57 Å². The Balaban J connectivity index is 1.76. The number of nitrogens with zero attached hydrogens (tertiary/aromatic N) is 1. The highest BCUT2D eigenvalue weighted by molar-refractivity contribution is 14.1. The first-order valence-electron chi connectivity index (χ1n) is 6.07. The Labute approximate surface area is 129 Å². The number of methoxy groups -OCH3 is 1. The van der Waals surface area contributed by atoms with E-state index in [1.165, 1.54) is 0 Å². The minimum atomic E-state index is 0.442. The van der Waals surface area contributed by atoms with Crippen LogP contribution in [0.15, 0.2) is 47.0 Å². The zero-order valence-electron chi connectivity index (χ0n) is 10.8. The van der Waals surface area contributed by atoms with Gasteiger partial charge in [0.1, 0.15) is 12.4 Å². The number of rotatable bonds is 4. The maximum Gasteiger partial charge on any atom is 0.262 e. The molecular formula is C15H12INO3. The molecule has 0 radical (unpaired) electrons. The summed E-state index contributed by atoms with van der Waals surface area (Å²) in [6, 6.07) is 13.6. The number of ether oxygens (including phenoxy) is 2. The average Bonchev–Trinajstić information content (AvgIpc) is 2.88. The SMILES string of the molecule is COc1ccc(COc2noc3cc(I)ccc23)cc1. The lowest BCUT2D eigenvalue weighted by molar-refractivity contribution is 0.274. The van der Waals surface area contributed by atoms with E-state index in [1.807, 2.05) is 42.5 Å². The first-order valence-corrected chi connectivity index (χ1v) is 7.15. The number of halogens is 1. The van der Waals surface area contributed by atoms with Crippen LogP contribution in [0.25, 0.3) is 11.0 Å². The molecule has 0 saturated heterocycles. The lowest BCUT2D eigenvalue weighted by Crippen LogP contribution is -1.95. The van der Waals surface area contributed by atoms with Crippen molar-refractivity contribution < 1.29 is 14.0 Å². The molecule has 20 heavy (non-hydrogen) atoms. The fourth-order valence-corrected chi connectivity index (χ4v) is 2.33. The summed E-state index contributed by atoms with van der Waals surface area (Å²) in [6.07, 6.45) is 0. The van der Waals surface area contributed by atoms with Crippen molar-refractivity contribution in [3.05, 3.63) is 51.6 Å². The van der Waals surface area contributed by atoms with Crippen molar-refractivity contribution in [2.75, 3.05) is 7.11 Å². The van der Waals surface area contributed by atoms with Gasteiger partial charge in [-0.3, -0.25) is 0 Å². The molecule has 0 spiro atoms. The fourth-order valence-electron chi connectivity index (χ4n) is 1.87. The van der Waals surface area contributed by atoms with Crippen LogP contribution in [-0.2, 0) is 6.61 Å². The van der Waals surface area contributed by atoms with Gasteiger partial charge in [0.2, 0.25) is 0 Å². The number of benzene rings is 2. The molecule has 0 aliphatic carbocycles. The number of aromatic nitrogens is 1. The first-order chi connectivity index (χ1) is 9.76. The second kappa shape index (κ2) is 5.70. The molecule has 0 aliphatic heterocycles. The van der Waals surface area contributed by atoms with Gasteiger partial charge in [0.15, 0.2) is 5.58 Å². The molecular weight excluding hydrogens is 369 g/mol. The molecule has 0 saturated carbocycles. The molecule has 3 rings (SSSR count). The average molecular weight is 381 g/mol. The Morgan fingerprint density at radius 1 is 1.15 bits per heavy atom. The molecule has 0 bridgehead atoms. The molecule has 1 heterocycles. The highest BCUT2D eigenvalue weighted by Crippen LogP contribution is 2.27. The van der Waals surface area contributed by atoms with Gasteiger partial charge in [-0.15, -0.1) is 0 Å². The molecule has 3 aromatic rings. The monoisotopic (exact) mass is 381 g/mol. The summed E-state index contributed by atoms with van der Waals surface area (Å²) in [6.45, 7) is 0.442. The van der Waals surface area contributed by atoms with Gasteiger partial charge >= 0.3 is 0 Å². The van der Waals surface area contributed by atoms with Gasteiger partial charge in [-0.05, 0) is 63.6 Å². The predicted octanol–water partition coefficient (Wildman–Crippen LogP) is 4.02. The van der Waals surface area contributed by atoms with Crippen LogP contribution < -0.4 is 9.47 Å². The van der Waals surface area contributed by atoms with E-state index < -0.39 is 0 Å². The Hall–Kier alpha value is -1.76. The summed E-state index contributed by atoms with van der Waals surface area (Å²) in [5.74, 6) is 1.35. The Morgan fingerprint density at radius 2 is 1.95 bits per heavy atom. The van der Waals surface area contributed by atoms with E-state index in [2.05, 4.69) is 27.7 Å². The van der Waals surface area contributed by atoms with Crippen LogP contribution in [0.1, 0.15) is 5.56 Å². The van der Waals surface area contributed by atoms with Crippen molar-refractivity contribution in [1.82, 2.24) is 5.16 Å². The standard InChI is InChI=1S/C15H12INO3/c1-18-12-5-2-10(3-6-12)9-19-15-13-7-4-11(16)8-14(13)20-17-15/h2-8H,9H2,1H3. The van der Waals surface area contributed by atoms with Crippen molar-refractivity contribution in [3.8, 4) is 11.6 Å². The summed E-state index contributed by atoms with van der Waals surface area (Å²) >= 11 is 2.23. The van der Waals surface area contributed by atoms with Crippen molar-refractivity contribution in [2.45, 2.75) is 6.61 Å². The molecule has 5 heteroatoms. The van der Waals surface area contributed by atoms with E-state index in [9.17, 15) is 0 Å². The summed E-state index contributed by atoms with van der Waals surface area (Å²) in [5.41, 5.74) is 1.79. The molecule has 0 unspecified atom stereocenters. The van der Waals surface area contributed by atoms with E-state index in [0.29, 0.717) is 12.5 Å². The van der Waals surface area contributed by atoms with Gasteiger partial charge in [0.05, 0.1) is 12.5 Å². The minimum Gasteiger partial charge on any atom is -0.497 e. The number of hydrogen-bond acceptors (Lipinski definition) is 4. The summed E-state index contributed by atoms with van der Waals surface area (Å²) in [7, 11) is 1.65. The highest BCUT2D eigenvalue weighted by Gasteiger charge is 2.09. The van der Waals surface area contributed by atoms with Crippen LogP contribution in [-0.4, -0.2) is 12.3 Å². The van der Waals surface area contributed by atoms with Gasteiger partial charge in [-0.1, -0.05) is 12.1 Å². The third-order valence-corrected chi connectivity index (χ3v) is 3.61. The fraction of sp³-hybridized carbons (Fsp3) is 0.133. The van der Waals surface area contributed by atoms with E-state index >= 15 is 0 Å². The van der Waals surface area contributed by atoms with E-state index in [0.717, 1.165) is 25.9 Å². The second-order valence-electron chi connectivity index (χ2n) is 4.26. The quantitative estimate of drug-likeness (QED) is 0.641. The zero-order chi connectivity index (χ0) is 13.9. The largest absolute Gasteiger partial charge is 0.497 e. The summed E-state index contributed by atoms with van der Waals surface area (Å²) in [5, 5.41) is 4.85. The molecule has 0 fully saturated rings. The van der Waals surface area contributed by atoms with Crippen molar-refractivity contribution in [1.29, 1.82) is 0 Å². The molecule has 1 aromatic heterocycles. The van der Waals surface area contributed by atoms with E-state index in [4.69, 9.17) is 14.0 Å². The van der Waals surface area contributed by atoms with E-state index in [1.54, 1.807) is 7.11 Å². The lowest BCUT2D eigenvalue weighted by Gasteiger charge is -2.04. The Morgan fingerprint density at radius 3 is 2.70 bits per heavy atom. The predicted molar refractivity (Wildman–Crippen MR) is 84.1 cm³/mol. The van der Waals surface area contributed by atoms with Crippen LogP contribution in [0.5, 0.6) is 11.6 Å². The van der Waals surface area contributed by atoms with Crippen LogP contribution in [0.2, 0.25) is 0 Å². The van der Waals surface area contributed by atoms with Crippen LogP contribution >= 0.6 is 22.6 Å². The zero-order valence-corrected chi connectivity index (χ0v) is 13.0. The first kappa shape index (κ1) is 13.2. The maximum atomic E-state index is 5.71. The summed E-state index contributed by atoms with van der Waals surface area (Å²) in [4.78, 5) is 0. The Kier molecular flexibility index (Phi) is 3.77. The highest BCUT2D eigenvalue weighted by atomic mass is 127. The number of hydrogen-bond donors (Lipinski definition) is 0. The second-order valence-corrected chi connectivity index (χ2v) is 5.51. The van der Waals surface area contributed by atoms with Crippen LogP contribution in [0.4, 0.5) is 0 Å².